The van der Waals surface area contributed by atoms with Crippen molar-refractivity contribution >= 4 is 11.6 Å². The molecule has 1 amide bonds. The zero-order valence-corrected chi connectivity index (χ0v) is 15.9. The molecule has 0 radical (unpaired) electrons. The fraction of sp³-hybridized carbons (Fsp3) is 0.458. The molecule has 2 saturated carbocycles. The summed E-state index contributed by atoms with van der Waals surface area (Å²) in [6.07, 6.45) is 7.55. The summed E-state index contributed by atoms with van der Waals surface area (Å²) in [4.78, 5) is 15.1. The lowest BCUT2D eigenvalue weighted by Crippen LogP contribution is -2.38. The number of hydrogen-bond donors (Lipinski definition) is 1. The van der Waals surface area contributed by atoms with Crippen LogP contribution in [0.25, 0.3) is 0 Å². The highest BCUT2D eigenvalue weighted by Crippen LogP contribution is 2.44. The molecule has 3 nitrogen and oxygen atoms in total. The van der Waals surface area contributed by atoms with Crippen LogP contribution < -0.4 is 10.2 Å². The van der Waals surface area contributed by atoms with Gasteiger partial charge in [0, 0.05) is 30.4 Å². The van der Waals surface area contributed by atoms with Gasteiger partial charge in [0.25, 0.3) is 5.91 Å². The standard InChI is InChI=1S/C24H28N2O/c27-24(25-22-15-18-9-12-21(22)14-18)20-10-7-17(8-11-20)16-26-13-3-5-19-4-1-2-6-23(19)26/h1-2,4,6-8,10-11,18,21-22H,3,5,9,12-16H2,(H,25,27)/t18-,21-,22-/m0/s1. The molecular weight excluding hydrogens is 332 g/mol. The highest BCUT2D eigenvalue weighted by atomic mass is 16.1. The van der Waals surface area contributed by atoms with E-state index in [1.54, 1.807) is 0 Å². The smallest absolute Gasteiger partial charge is 0.251 e. The van der Waals surface area contributed by atoms with Crippen LogP contribution in [0.15, 0.2) is 48.5 Å². The molecule has 2 bridgehead atoms. The van der Waals surface area contributed by atoms with E-state index in [4.69, 9.17) is 0 Å². The van der Waals surface area contributed by atoms with Gasteiger partial charge in [-0.25, -0.2) is 0 Å². The normalized spacial score (nSPS) is 26.1. The van der Waals surface area contributed by atoms with Crippen molar-refractivity contribution in [3.63, 3.8) is 0 Å². The van der Waals surface area contributed by atoms with Crippen molar-refractivity contribution in [2.75, 3.05) is 11.4 Å². The molecule has 3 atom stereocenters. The van der Waals surface area contributed by atoms with Crippen LogP contribution >= 0.6 is 0 Å². The molecule has 5 rings (SSSR count). The zero-order chi connectivity index (χ0) is 18.2. The second kappa shape index (κ2) is 7.03. The Morgan fingerprint density at radius 2 is 1.89 bits per heavy atom. The number of carbonyl (C=O) groups excluding carboxylic acids is 1. The van der Waals surface area contributed by atoms with Gasteiger partial charge in [0.2, 0.25) is 0 Å². The second-order valence-corrected chi connectivity index (χ2v) is 8.61. The summed E-state index contributed by atoms with van der Waals surface area (Å²) in [5.74, 6) is 1.68. The van der Waals surface area contributed by atoms with E-state index in [9.17, 15) is 4.79 Å². The monoisotopic (exact) mass is 360 g/mol. The minimum absolute atomic E-state index is 0.0995. The first-order valence-electron chi connectivity index (χ1n) is 10.5. The molecule has 140 valence electrons. The molecule has 1 N–H and O–H groups in total. The van der Waals surface area contributed by atoms with Gasteiger partial charge < -0.3 is 10.2 Å². The summed E-state index contributed by atoms with van der Waals surface area (Å²) in [7, 11) is 0. The van der Waals surface area contributed by atoms with Crippen molar-refractivity contribution < 1.29 is 4.79 Å². The average molecular weight is 361 g/mol. The number of para-hydroxylation sites is 1. The quantitative estimate of drug-likeness (QED) is 0.867. The Hall–Kier alpha value is -2.29. The van der Waals surface area contributed by atoms with Gasteiger partial charge in [0.15, 0.2) is 0 Å². The molecule has 27 heavy (non-hydrogen) atoms. The summed E-state index contributed by atoms with van der Waals surface area (Å²) in [6, 6.07) is 17.4. The third-order valence-electron chi connectivity index (χ3n) is 6.85. The van der Waals surface area contributed by atoms with Crippen molar-refractivity contribution in [3.05, 3.63) is 65.2 Å². The summed E-state index contributed by atoms with van der Waals surface area (Å²) in [5, 5.41) is 3.29. The van der Waals surface area contributed by atoms with Crippen LogP contribution in [0, 0.1) is 11.8 Å². The minimum atomic E-state index is 0.0995. The maximum absolute atomic E-state index is 12.6. The summed E-state index contributed by atoms with van der Waals surface area (Å²) >= 11 is 0. The van der Waals surface area contributed by atoms with Crippen LogP contribution in [0.3, 0.4) is 0 Å². The third-order valence-corrected chi connectivity index (χ3v) is 6.85. The Labute approximate surface area is 161 Å². The summed E-state index contributed by atoms with van der Waals surface area (Å²) in [5.41, 5.74) is 4.87. The third kappa shape index (κ3) is 3.36. The number of anilines is 1. The van der Waals surface area contributed by atoms with Gasteiger partial charge in [0.05, 0.1) is 0 Å². The fourth-order valence-corrected chi connectivity index (χ4v) is 5.43. The van der Waals surface area contributed by atoms with E-state index in [-0.39, 0.29) is 5.91 Å². The molecule has 3 aliphatic rings. The molecule has 2 aromatic carbocycles. The lowest BCUT2D eigenvalue weighted by atomic mass is 9.95. The van der Waals surface area contributed by atoms with Gasteiger partial charge in [-0.3, -0.25) is 4.79 Å². The van der Waals surface area contributed by atoms with E-state index in [1.165, 1.54) is 55.3 Å². The van der Waals surface area contributed by atoms with Crippen LogP contribution in [-0.4, -0.2) is 18.5 Å². The number of fused-ring (bicyclic) bond motifs is 3. The Bertz CT molecular complexity index is 829. The topological polar surface area (TPSA) is 32.3 Å². The molecular formula is C24H28N2O. The molecule has 0 aromatic heterocycles. The Balaban J connectivity index is 1.24. The van der Waals surface area contributed by atoms with E-state index in [2.05, 4.69) is 46.6 Å². The van der Waals surface area contributed by atoms with Gasteiger partial charge in [-0.15, -0.1) is 0 Å². The molecule has 1 heterocycles. The summed E-state index contributed by atoms with van der Waals surface area (Å²) < 4.78 is 0. The van der Waals surface area contributed by atoms with Crippen molar-refractivity contribution in [1.82, 2.24) is 5.32 Å². The first-order chi connectivity index (χ1) is 13.3. The van der Waals surface area contributed by atoms with Crippen LogP contribution in [0.2, 0.25) is 0 Å². The highest BCUT2D eigenvalue weighted by molar-refractivity contribution is 5.94. The average Bonchev–Trinajstić information content (AvgIpc) is 3.32. The van der Waals surface area contributed by atoms with Gasteiger partial charge in [-0.05, 0) is 73.3 Å². The van der Waals surface area contributed by atoms with Crippen LogP contribution in [0.4, 0.5) is 5.69 Å². The van der Waals surface area contributed by atoms with Crippen molar-refractivity contribution in [2.24, 2.45) is 11.8 Å². The van der Waals surface area contributed by atoms with Gasteiger partial charge >= 0.3 is 0 Å². The maximum Gasteiger partial charge on any atom is 0.251 e. The van der Waals surface area contributed by atoms with Crippen LogP contribution in [0.5, 0.6) is 0 Å². The predicted octanol–water partition coefficient (Wildman–Crippen LogP) is 4.56. The predicted molar refractivity (Wildman–Crippen MR) is 109 cm³/mol. The number of nitrogens with one attached hydrogen (secondary N) is 1. The Morgan fingerprint density at radius 1 is 1.04 bits per heavy atom. The maximum atomic E-state index is 12.6. The fourth-order valence-electron chi connectivity index (χ4n) is 5.43. The SMILES string of the molecule is O=C(N[C@H]1C[C@H]2CC[C@H]1C2)c1ccc(CN2CCCc3ccccc32)cc1. The van der Waals surface area contributed by atoms with E-state index in [0.717, 1.165) is 30.5 Å². The number of benzene rings is 2. The van der Waals surface area contributed by atoms with Gasteiger partial charge in [-0.2, -0.15) is 0 Å². The Morgan fingerprint density at radius 3 is 2.67 bits per heavy atom. The Kier molecular flexibility index (Phi) is 4.39. The van der Waals surface area contributed by atoms with E-state index in [0.29, 0.717) is 6.04 Å². The van der Waals surface area contributed by atoms with Gasteiger partial charge in [0.1, 0.15) is 0 Å². The molecule has 0 spiro atoms. The van der Waals surface area contributed by atoms with Crippen molar-refractivity contribution in [3.8, 4) is 0 Å². The van der Waals surface area contributed by atoms with Crippen molar-refractivity contribution in [1.29, 1.82) is 0 Å². The molecule has 2 aliphatic carbocycles. The van der Waals surface area contributed by atoms with Crippen molar-refractivity contribution in [2.45, 2.75) is 51.1 Å². The van der Waals surface area contributed by atoms with Crippen LogP contribution in [0.1, 0.15) is 53.6 Å². The number of rotatable bonds is 4. The molecule has 1 aliphatic heterocycles. The van der Waals surface area contributed by atoms with E-state index >= 15 is 0 Å². The second-order valence-electron chi connectivity index (χ2n) is 8.61. The lowest BCUT2D eigenvalue weighted by Gasteiger charge is -2.31. The number of aryl methyl sites for hydroxylation is 1. The molecule has 3 heteroatoms. The number of amides is 1. The zero-order valence-electron chi connectivity index (χ0n) is 15.9. The van der Waals surface area contributed by atoms with E-state index in [1.807, 2.05) is 12.1 Å². The largest absolute Gasteiger partial charge is 0.367 e. The molecule has 2 aromatic rings. The molecule has 0 saturated heterocycles. The van der Waals surface area contributed by atoms with E-state index < -0.39 is 0 Å². The first-order valence-corrected chi connectivity index (χ1v) is 10.5. The summed E-state index contributed by atoms with van der Waals surface area (Å²) in [6.45, 7) is 2.01. The van der Waals surface area contributed by atoms with Crippen LogP contribution in [-0.2, 0) is 13.0 Å². The number of nitrogens with zero attached hydrogens (tertiary/aromatic N) is 1. The minimum Gasteiger partial charge on any atom is -0.367 e. The first kappa shape index (κ1) is 16.9. The number of hydrogen-bond acceptors (Lipinski definition) is 2. The highest BCUT2D eigenvalue weighted by Gasteiger charge is 2.40. The number of carbonyl (C=O) groups is 1. The lowest BCUT2D eigenvalue weighted by molar-refractivity contribution is 0.0923. The molecule has 2 fully saturated rings. The molecule has 0 unspecified atom stereocenters. The van der Waals surface area contributed by atoms with Gasteiger partial charge in [-0.1, -0.05) is 36.8 Å².